The quantitative estimate of drug-likeness (QED) is 0.700. The molecule has 94 valence electrons. The maximum Gasteiger partial charge on any atom is 0.412 e. The van der Waals surface area contributed by atoms with E-state index in [1.165, 1.54) is 0 Å². The van der Waals surface area contributed by atoms with Crippen LogP contribution in [0.25, 0.3) is 0 Å². The summed E-state index contributed by atoms with van der Waals surface area (Å²) in [7, 11) is 0. The normalized spacial score (nSPS) is 25.4. The van der Waals surface area contributed by atoms with Crippen LogP contribution in [0.4, 0.5) is 13.6 Å². The highest BCUT2D eigenvalue weighted by atomic mass is 19.3. The molecule has 1 atom stereocenters. The molecule has 0 aromatic carbocycles. The summed E-state index contributed by atoms with van der Waals surface area (Å²) < 4.78 is 31.1. The fourth-order valence-corrected chi connectivity index (χ4v) is 1.44. The van der Waals surface area contributed by atoms with Crippen LogP contribution in [0.3, 0.4) is 0 Å². The van der Waals surface area contributed by atoms with Crippen LogP contribution in [-0.2, 0) is 4.74 Å². The molecule has 0 unspecified atom stereocenters. The number of alkyl halides is 2. The van der Waals surface area contributed by atoms with Crippen molar-refractivity contribution in [2.75, 3.05) is 6.54 Å². The number of carbonyl (C=O) groups is 1. The van der Waals surface area contributed by atoms with Crippen molar-refractivity contribution in [3.63, 3.8) is 0 Å². The number of amides is 1. The van der Waals surface area contributed by atoms with Crippen LogP contribution in [0, 0.1) is 0 Å². The van der Waals surface area contributed by atoms with Gasteiger partial charge >= 0.3 is 6.09 Å². The van der Waals surface area contributed by atoms with Gasteiger partial charge in [-0.15, -0.1) is 0 Å². The van der Waals surface area contributed by atoms with Gasteiger partial charge in [0.1, 0.15) is 11.8 Å². The number of hydrogen-bond acceptors (Lipinski definition) is 3. The van der Waals surface area contributed by atoms with Gasteiger partial charge in [0.2, 0.25) is 0 Å². The minimum absolute atomic E-state index is 0.133. The number of aliphatic hydroxyl groups is 1. The van der Waals surface area contributed by atoms with Gasteiger partial charge in [-0.25, -0.2) is 13.6 Å². The Morgan fingerprint density at radius 1 is 1.50 bits per heavy atom. The Balaban J connectivity index is 2.67. The van der Waals surface area contributed by atoms with Gasteiger partial charge in [0.05, 0.1) is 6.54 Å². The van der Waals surface area contributed by atoms with Crippen LogP contribution < -0.4 is 0 Å². The minimum atomic E-state index is -2.95. The largest absolute Gasteiger partial charge is 0.444 e. The van der Waals surface area contributed by atoms with Crippen molar-refractivity contribution < 1.29 is 23.4 Å². The number of nitrogens with zero attached hydrogens (tertiary/aromatic N) is 1. The molecule has 1 rings (SSSR count). The predicted octanol–water partition coefficient (Wildman–Crippen LogP) is 1.97. The maximum absolute atomic E-state index is 13.1. The molecule has 0 aliphatic carbocycles. The molecule has 0 spiro atoms. The lowest BCUT2D eigenvalue weighted by Crippen LogP contribution is -2.52. The topological polar surface area (TPSA) is 49.8 Å². The minimum Gasteiger partial charge on any atom is -0.444 e. The van der Waals surface area contributed by atoms with Gasteiger partial charge in [0, 0.05) is 6.42 Å². The number of rotatable bonds is 0. The molecule has 1 heterocycles. The first-order valence-corrected chi connectivity index (χ1v) is 5.16. The molecule has 0 bridgehead atoms. The molecule has 0 aromatic rings. The van der Waals surface area contributed by atoms with Gasteiger partial charge in [-0.2, -0.15) is 0 Å². The molecule has 1 saturated heterocycles. The SMILES string of the molecule is CC(C)(C)OC(=O)N1CC(F)(F)CC[C@H]1O. The van der Waals surface area contributed by atoms with Crippen LogP contribution in [0.5, 0.6) is 0 Å². The van der Waals surface area contributed by atoms with Crippen molar-refractivity contribution in [1.29, 1.82) is 0 Å². The fourth-order valence-electron chi connectivity index (χ4n) is 1.44. The van der Waals surface area contributed by atoms with Crippen molar-refractivity contribution in [1.82, 2.24) is 4.90 Å². The Bertz CT molecular complexity index is 276. The molecule has 1 aliphatic rings. The molecule has 0 aromatic heterocycles. The smallest absolute Gasteiger partial charge is 0.412 e. The second kappa shape index (κ2) is 4.16. The first-order valence-electron chi connectivity index (χ1n) is 5.16. The van der Waals surface area contributed by atoms with Crippen molar-refractivity contribution in [2.45, 2.75) is 51.4 Å². The second-order valence-corrected chi connectivity index (χ2v) is 4.98. The highest BCUT2D eigenvalue weighted by Gasteiger charge is 2.42. The van der Waals surface area contributed by atoms with Crippen molar-refractivity contribution in [2.24, 2.45) is 0 Å². The molecule has 0 radical (unpaired) electrons. The lowest BCUT2D eigenvalue weighted by molar-refractivity contribution is -0.129. The number of aliphatic hydroxyl groups excluding tert-OH is 1. The van der Waals surface area contributed by atoms with Crippen molar-refractivity contribution in [3.8, 4) is 0 Å². The lowest BCUT2D eigenvalue weighted by atomic mass is 10.1. The van der Waals surface area contributed by atoms with E-state index in [2.05, 4.69) is 0 Å². The number of piperidine rings is 1. The van der Waals surface area contributed by atoms with Gasteiger partial charge in [-0.05, 0) is 27.2 Å². The Morgan fingerprint density at radius 2 is 2.06 bits per heavy atom. The van der Waals surface area contributed by atoms with Gasteiger partial charge in [-0.3, -0.25) is 4.90 Å². The summed E-state index contributed by atoms with van der Waals surface area (Å²) in [5.41, 5.74) is -0.760. The zero-order valence-corrected chi connectivity index (χ0v) is 9.67. The van der Waals surface area contributed by atoms with Crippen LogP contribution in [0.15, 0.2) is 0 Å². The van der Waals surface area contributed by atoms with E-state index < -0.39 is 36.8 Å². The summed E-state index contributed by atoms with van der Waals surface area (Å²) in [5.74, 6) is -2.95. The zero-order valence-electron chi connectivity index (χ0n) is 9.67. The van der Waals surface area contributed by atoms with Crippen LogP contribution in [0.2, 0.25) is 0 Å². The van der Waals surface area contributed by atoms with E-state index >= 15 is 0 Å². The molecule has 1 N–H and O–H groups in total. The van der Waals surface area contributed by atoms with E-state index in [-0.39, 0.29) is 6.42 Å². The molecule has 1 aliphatic heterocycles. The number of hydrogen-bond donors (Lipinski definition) is 1. The molecule has 6 heteroatoms. The van der Waals surface area contributed by atoms with Crippen LogP contribution in [0.1, 0.15) is 33.6 Å². The summed E-state index contributed by atoms with van der Waals surface area (Å²) in [5, 5.41) is 9.46. The summed E-state index contributed by atoms with van der Waals surface area (Å²) in [4.78, 5) is 12.2. The first-order chi connectivity index (χ1) is 7.11. The highest BCUT2D eigenvalue weighted by Crippen LogP contribution is 2.30. The number of halogens is 2. The number of likely N-dealkylation sites (tertiary alicyclic amines) is 1. The van der Waals surface area contributed by atoms with Gasteiger partial charge in [0.25, 0.3) is 5.92 Å². The van der Waals surface area contributed by atoms with E-state index in [0.717, 1.165) is 0 Å². The van der Waals surface area contributed by atoms with Gasteiger partial charge in [0.15, 0.2) is 0 Å². The van der Waals surface area contributed by atoms with Gasteiger partial charge < -0.3 is 9.84 Å². The van der Waals surface area contributed by atoms with E-state index in [1.54, 1.807) is 20.8 Å². The molecular weight excluding hydrogens is 220 g/mol. The Kier molecular flexibility index (Phi) is 3.42. The van der Waals surface area contributed by atoms with E-state index in [4.69, 9.17) is 4.74 Å². The van der Waals surface area contributed by atoms with Gasteiger partial charge in [-0.1, -0.05) is 0 Å². The van der Waals surface area contributed by atoms with E-state index in [9.17, 15) is 18.7 Å². The van der Waals surface area contributed by atoms with E-state index in [0.29, 0.717) is 4.90 Å². The first kappa shape index (κ1) is 13.2. The van der Waals surface area contributed by atoms with Crippen LogP contribution >= 0.6 is 0 Å². The van der Waals surface area contributed by atoms with Crippen molar-refractivity contribution in [3.05, 3.63) is 0 Å². The van der Waals surface area contributed by atoms with Crippen LogP contribution in [-0.4, -0.2) is 40.4 Å². The molecule has 4 nitrogen and oxygen atoms in total. The maximum atomic E-state index is 13.1. The number of ether oxygens (including phenoxy) is 1. The third-order valence-corrected chi connectivity index (χ3v) is 2.16. The molecule has 16 heavy (non-hydrogen) atoms. The van der Waals surface area contributed by atoms with E-state index in [1.807, 2.05) is 0 Å². The summed E-state index contributed by atoms with van der Waals surface area (Å²) in [6.45, 7) is 4.13. The summed E-state index contributed by atoms with van der Waals surface area (Å²) in [6.07, 6.45) is -2.63. The lowest BCUT2D eigenvalue weighted by Gasteiger charge is -2.37. The average Bonchev–Trinajstić information content (AvgIpc) is 2.06. The molecule has 1 fully saturated rings. The Morgan fingerprint density at radius 3 is 2.56 bits per heavy atom. The third kappa shape index (κ3) is 3.59. The monoisotopic (exact) mass is 237 g/mol. The summed E-state index contributed by atoms with van der Waals surface area (Å²) in [6, 6.07) is 0. The fraction of sp³-hybridized carbons (Fsp3) is 0.900. The summed E-state index contributed by atoms with van der Waals surface area (Å²) >= 11 is 0. The molecule has 0 saturated carbocycles. The second-order valence-electron chi connectivity index (χ2n) is 4.98. The zero-order chi connectivity index (χ0) is 12.6. The van der Waals surface area contributed by atoms with Crippen molar-refractivity contribution >= 4 is 6.09 Å². The Labute approximate surface area is 93.2 Å². The Hall–Kier alpha value is -0.910. The molecular formula is C10H17F2NO3. The molecule has 1 amide bonds. The third-order valence-electron chi connectivity index (χ3n) is 2.16. The highest BCUT2D eigenvalue weighted by molar-refractivity contribution is 5.68. The predicted molar refractivity (Wildman–Crippen MR) is 53.1 cm³/mol. The standard InChI is InChI=1S/C10H17F2NO3/c1-9(2,3)16-8(15)13-6-10(11,12)5-4-7(13)14/h7,14H,4-6H2,1-3H3/t7-/m1/s1. The number of carbonyl (C=O) groups excluding carboxylic acids is 1. The average molecular weight is 237 g/mol.